The van der Waals surface area contributed by atoms with Crippen molar-refractivity contribution >= 4 is 27.5 Å². The molecule has 1 aliphatic carbocycles. The molecule has 2 aromatic rings. The second-order valence-corrected chi connectivity index (χ2v) is 7.42. The molecule has 0 radical (unpaired) electrons. The summed E-state index contributed by atoms with van der Waals surface area (Å²) in [7, 11) is 0. The van der Waals surface area contributed by atoms with Crippen LogP contribution in [0.1, 0.15) is 54.3 Å². The maximum absolute atomic E-state index is 12.8. The van der Waals surface area contributed by atoms with Gasteiger partial charge in [-0.2, -0.15) is 0 Å². The topological polar surface area (TPSA) is 81.4 Å². The molecule has 130 valence electrons. The highest BCUT2D eigenvalue weighted by Gasteiger charge is 2.30. The van der Waals surface area contributed by atoms with Gasteiger partial charge >= 0.3 is 5.97 Å². The summed E-state index contributed by atoms with van der Waals surface area (Å²) in [6, 6.07) is 0. The summed E-state index contributed by atoms with van der Waals surface area (Å²) in [6.07, 6.45) is 5.96. The van der Waals surface area contributed by atoms with E-state index in [0.29, 0.717) is 33.5 Å². The van der Waals surface area contributed by atoms with Gasteiger partial charge in [0.05, 0.1) is 30.5 Å². The molecule has 0 bridgehead atoms. The van der Waals surface area contributed by atoms with Crippen LogP contribution in [-0.4, -0.2) is 32.8 Å². The van der Waals surface area contributed by atoms with Crippen molar-refractivity contribution in [2.45, 2.75) is 58.1 Å². The molecule has 1 saturated carbocycles. The van der Waals surface area contributed by atoms with Gasteiger partial charge in [-0.15, -0.1) is 11.3 Å². The van der Waals surface area contributed by atoms with Gasteiger partial charge in [0.2, 0.25) is 0 Å². The van der Waals surface area contributed by atoms with Crippen LogP contribution in [0.25, 0.3) is 10.2 Å². The average Bonchev–Trinajstić information content (AvgIpc) is 2.89. The largest absolute Gasteiger partial charge is 0.462 e. The molecule has 2 aromatic heterocycles. The summed E-state index contributed by atoms with van der Waals surface area (Å²) in [6.45, 7) is 4.03. The number of fused-ring (bicyclic) bond motifs is 1. The lowest BCUT2D eigenvalue weighted by Crippen LogP contribution is -2.39. The summed E-state index contributed by atoms with van der Waals surface area (Å²) < 4.78 is 6.52. The number of carbonyl (C=O) groups is 1. The van der Waals surface area contributed by atoms with Crippen LogP contribution < -0.4 is 5.56 Å². The van der Waals surface area contributed by atoms with Crippen molar-refractivity contribution in [3.63, 3.8) is 0 Å². The van der Waals surface area contributed by atoms with Crippen LogP contribution in [0.3, 0.4) is 0 Å². The Morgan fingerprint density at radius 3 is 2.79 bits per heavy atom. The molecule has 0 atom stereocenters. The lowest BCUT2D eigenvalue weighted by atomic mass is 9.85. The number of ether oxygens (including phenoxy) is 1. The van der Waals surface area contributed by atoms with E-state index in [4.69, 9.17) is 4.74 Å². The van der Waals surface area contributed by atoms with Gasteiger partial charge in [-0.1, -0.05) is 19.3 Å². The van der Waals surface area contributed by atoms with Crippen molar-refractivity contribution in [3.05, 3.63) is 27.1 Å². The van der Waals surface area contributed by atoms with E-state index in [9.17, 15) is 14.7 Å². The molecule has 1 aliphatic rings. The normalized spacial score (nSPS) is 17.1. The molecule has 0 amide bonds. The number of thiophene rings is 1. The SMILES string of the molecule is CCOC(=O)c1sc2ncn(CC3(O)CCCCC3)c(=O)c2c1C. The fourth-order valence-corrected chi connectivity index (χ4v) is 4.38. The molecule has 0 saturated heterocycles. The molecule has 0 unspecified atom stereocenters. The first kappa shape index (κ1) is 17.1. The zero-order valence-electron chi connectivity index (χ0n) is 14.0. The maximum atomic E-state index is 12.8. The molecule has 0 aromatic carbocycles. The zero-order chi connectivity index (χ0) is 17.3. The third-order valence-electron chi connectivity index (χ3n) is 4.63. The van der Waals surface area contributed by atoms with E-state index >= 15 is 0 Å². The minimum Gasteiger partial charge on any atom is -0.462 e. The van der Waals surface area contributed by atoms with Gasteiger partial charge in [-0.3, -0.25) is 9.36 Å². The first-order chi connectivity index (χ1) is 11.4. The molecular formula is C17H22N2O4S. The molecule has 1 N–H and O–H groups in total. The smallest absolute Gasteiger partial charge is 0.348 e. The standard InChI is InChI=1S/C17H22N2O4S/c1-3-23-16(21)13-11(2)12-14(24-13)18-10-19(15(12)20)9-17(22)7-5-4-6-8-17/h10,22H,3-9H2,1-2H3. The summed E-state index contributed by atoms with van der Waals surface area (Å²) in [5.74, 6) is -0.421. The second-order valence-electron chi connectivity index (χ2n) is 6.42. The molecule has 6 nitrogen and oxygen atoms in total. The summed E-state index contributed by atoms with van der Waals surface area (Å²) in [5.41, 5.74) is -0.440. The molecule has 0 aliphatic heterocycles. The molecule has 3 rings (SSSR count). The monoisotopic (exact) mass is 350 g/mol. The van der Waals surface area contributed by atoms with Gasteiger partial charge in [0.25, 0.3) is 5.56 Å². The van der Waals surface area contributed by atoms with E-state index in [-0.39, 0.29) is 18.7 Å². The number of aryl methyl sites for hydroxylation is 1. The van der Waals surface area contributed by atoms with Crippen LogP contribution in [-0.2, 0) is 11.3 Å². The van der Waals surface area contributed by atoms with Gasteiger partial charge < -0.3 is 9.84 Å². The third kappa shape index (κ3) is 3.10. The van der Waals surface area contributed by atoms with Crippen molar-refractivity contribution in [2.75, 3.05) is 6.61 Å². The Morgan fingerprint density at radius 2 is 2.12 bits per heavy atom. The number of esters is 1. The van der Waals surface area contributed by atoms with Gasteiger partial charge in [0.1, 0.15) is 9.71 Å². The highest BCUT2D eigenvalue weighted by molar-refractivity contribution is 7.20. The second kappa shape index (κ2) is 6.64. The Morgan fingerprint density at radius 1 is 1.42 bits per heavy atom. The number of rotatable bonds is 4. The fraction of sp³-hybridized carbons (Fsp3) is 0.588. The lowest BCUT2D eigenvalue weighted by Gasteiger charge is -2.32. The molecule has 0 spiro atoms. The van der Waals surface area contributed by atoms with E-state index in [1.54, 1.807) is 13.8 Å². The number of hydrogen-bond acceptors (Lipinski definition) is 6. The Balaban J connectivity index is 2.00. The lowest BCUT2D eigenvalue weighted by molar-refractivity contribution is -0.0123. The van der Waals surface area contributed by atoms with E-state index in [1.807, 2.05) is 0 Å². The first-order valence-corrected chi connectivity index (χ1v) is 9.15. The van der Waals surface area contributed by atoms with Gasteiger partial charge in [-0.05, 0) is 32.3 Å². The number of nitrogens with zero attached hydrogens (tertiary/aromatic N) is 2. The number of carbonyl (C=O) groups excluding carboxylic acids is 1. The minimum absolute atomic E-state index is 0.205. The van der Waals surface area contributed by atoms with Crippen LogP contribution in [0.5, 0.6) is 0 Å². The zero-order valence-corrected chi connectivity index (χ0v) is 14.8. The van der Waals surface area contributed by atoms with Crippen molar-refractivity contribution in [1.82, 2.24) is 9.55 Å². The molecule has 24 heavy (non-hydrogen) atoms. The third-order valence-corrected chi connectivity index (χ3v) is 5.81. The number of hydrogen-bond donors (Lipinski definition) is 1. The van der Waals surface area contributed by atoms with Crippen molar-refractivity contribution in [2.24, 2.45) is 0 Å². The highest BCUT2D eigenvalue weighted by Crippen LogP contribution is 2.30. The Kier molecular flexibility index (Phi) is 4.73. The quantitative estimate of drug-likeness (QED) is 0.857. The Labute approximate surface area is 144 Å². The van der Waals surface area contributed by atoms with Crippen molar-refractivity contribution in [3.8, 4) is 0 Å². The number of aliphatic hydroxyl groups is 1. The van der Waals surface area contributed by atoms with E-state index in [1.165, 1.54) is 22.2 Å². The van der Waals surface area contributed by atoms with Crippen LogP contribution >= 0.6 is 11.3 Å². The van der Waals surface area contributed by atoms with Crippen LogP contribution in [0.4, 0.5) is 0 Å². The summed E-state index contributed by atoms with van der Waals surface area (Å²) >= 11 is 1.18. The van der Waals surface area contributed by atoms with Crippen molar-refractivity contribution < 1.29 is 14.6 Å². The average molecular weight is 350 g/mol. The predicted molar refractivity (Wildman–Crippen MR) is 92.6 cm³/mol. The first-order valence-electron chi connectivity index (χ1n) is 8.33. The molecular weight excluding hydrogens is 328 g/mol. The predicted octanol–water partition coefficient (Wildman–Crippen LogP) is 2.64. The Bertz CT molecular complexity index is 818. The maximum Gasteiger partial charge on any atom is 0.348 e. The van der Waals surface area contributed by atoms with Gasteiger partial charge in [0.15, 0.2) is 0 Å². The number of aromatic nitrogens is 2. The molecule has 7 heteroatoms. The van der Waals surface area contributed by atoms with E-state index in [2.05, 4.69) is 4.98 Å². The molecule has 2 heterocycles. The minimum atomic E-state index is -0.842. The fourth-order valence-electron chi connectivity index (χ4n) is 3.35. The summed E-state index contributed by atoms with van der Waals surface area (Å²) in [4.78, 5) is 30.1. The van der Waals surface area contributed by atoms with Crippen LogP contribution in [0, 0.1) is 6.92 Å². The van der Waals surface area contributed by atoms with Gasteiger partial charge in [0, 0.05) is 0 Å². The Hall–Kier alpha value is -1.73. The van der Waals surface area contributed by atoms with E-state index in [0.717, 1.165) is 19.3 Å². The summed E-state index contributed by atoms with van der Waals surface area (Å²) in [5, 5.41) is 11.1. The molecule has 1 fully saturated rings. The van der Waals surface area contributed by atoms with E-state index < -0.39 is 11.6 Å². The van der Waals surface area contributed by atoms with Crippen LogP contribution in [0.15, 0.2) is 11.1 Å². The highest BCUT2D eigenvalue weighted by atomic mass is 32.1. The van der Waals surface area contributed by atoms with Gasteiger partial charge in [-0.25, -0.2) is 9.78 Å². The van der Waals surface area contributed by atoms with Crippen LogP contribution in [0.2, 0.25) is 0 Å². The van der Waals surface area contributed by atoms with Crippen molar-refractivity contribution in [1.29, 1.82) is 0 Å².